The molecule has 1 saturated heterocycles. The van der Waals surface area contributed by atoms with Crippen LogP contribution in [0.2, 0.25) is 0 Å². The Kier molecular flexibility index (Phi) is 3.93. The fraction of sp³-hybridized carbons (Fsp3) is 0.353. The van der Waals surface area contributed by atoms with Crippen LogP contribution >= 0.6 is 11.3 Å². The first kappa shape index (κ1) is 14.5. The van der Waals surface area contributed by atoms with Gasteiger partial charge in [0.15, 0.2) is 5.13 Å². The number of anilines is 1. The van der Waals surface area contributed by atoms with Crippen molar-refractivity contribution in [3.63, 3.8) is 0 Å². The van der Waals surface area contributed by atoms with Gasteiger partial charge in [-0.25, -0.2) is 15.0 Å². The zero-order valence-corrected chi connectivity index (χ0v) is 14.0. The van der Waals surface area contributed by atoms with E-state index in [0.717, 1.165) is 60.3 Å². The summed E-state index contributed by atoms with van der Waals surface area (Å²) in [6.45, 7) is 6.95. The minimum absolute atomic E-state index is 0.817. The molecule has 0 N–H and O–H groups in total. The van der Waals surface area contributed by atoms with Crippen molar-refractivity contribution >= 4 is 27.4 Å². The Hall–Kier alpha value is -2.05. The SMILES string of the molecule is Cc1nc(CN2CCN(c3nccs3)CC2)nc2ccccc12. The topological polar surface area (TPSA) is 45.2 Å². The van der Waals surface area contributed by atoms with Gasteiger partial charge in [0, 0.05) is 48.8 Å². The van der Waals surface area contributed by atoms with Gasteiger partial charge in [0.1, 0.15) is 5.82 Å². The van der Waals surface area contributed by atoms with Crippen molar-refractivity contribution in [2.24, 2.45) is 0 Å². The summed E-state index contributed by atoms with van der Waals surface area (Å²) < 4.78 is 0. The van der Waals surface area contributed by atoms with Crippen LogP contribution < -0.4 is 4.90 Å². The molecule has 3 aromatic rings. The van der Waals surface area contributed by atoms with Gasteiger partial charge >= 0.3 is 0 Å². The molecule has 3 heterocycles. The minimum Gasteiger partial charge on any atom is -0.346 e. The highest BCUT2D eigenvalue weighted by Gasteiger charge is 2.19. The fourth-order valence-corrected chi connectivity index (χ4v) is 3.73. The van der Waals surface area contributed by atoms with Crippen molar-refractivity contribution in [2.75, 3.05) is 31.1 Å². The molecule has 2 aromatic heterocycles. The highest BCUT2D eigenvalue weighted by Crippen LogP contribution is 2.20. The zero-order chi connectivity index (χ0) is 15.6. The summed E-state index contributed by atoms with van der Waals surface area (Å²) in [7, 11) is 0. The first-order valence-electron chi connectivity index (χ1n) is 7.89. The van der Waals surface area contributed by atoms with Gasteiger partial charge in [-0.3, -0.25) is 4.90 Å². The summed E-state index contributed by atoms with van der Waals surface area (Å²) in [5.74, 6) is 0.920. The number of hydrogen-bond donors (Lipinski definition) is 0. The van der Waals surface area contributed by atoms with E-state index >= 15 is 0 Å². The van der Waals surface area contributed by atoms with Crippen LogP contribution in [0, 0.1) is 6.92 Å². The molecule has 0 saturated carbocycles. The second-order valence-corrected chi connectivity index (χ2v) is 6.69. The van der Waals surface area contributed by atoms with Crippen LogP contribution in [0.5, 0.6) is 0 Å². The maximum absolute atomic E-state index is 4.72. The molecule has 1 fully saturated rings. The molecule has 23 heavy (non-hydrogen) atoms. The smallest absolute Gasteiger partial charge is 0.185 e. The molecule has 0 radical (unpaired) electrons. The van der Waals surface area contributed by atoms with E-state index in [1.165, 1.54) is 0 Å². The molecule has 4 rings (SSSR count). The monoisotopic (exact) mass is 325 g/mol. The van der Waals surface area contributed by atoms with Crippen molar-refractivity contribution in [3.05, 3.63) is 47.4 Å². The summed E-state index contributed by atoms with van der Waals surface area (Å²) in [5.41, 5.74) is 2.10. The van der Waals surface area contributed by atoms with Gasteiger partial charge in [-0.1, -0.05) is 18.2 Å². The molecule has 1 aliphatic heterocycles. The molecule has 1 aliphatic rings. The van der Waals surface area contributed by atoms with Crippen LogP contribution in [-0.4, -0.2) is 46.0 Å². The standard InChI is InChI=1S/C17H19N5S/c1-13-14-4-2-3-5-15(14)20-16(19-13)12-21-7-9-22(10-8-21)17-18-6-11-23-17/h2-6,11H,7-10,12H2,1H3. The Morgan fingerprint density at radius 3 is 2.70 bits per heavy atom. The molecular formula is C17H19N5S. The molecule has 118 valence electrons. The van der Waals surface area contributed by atoms with Gasteiger partial charge in [0.05, 0.1) is 12.1 Å². The molecule has 0 aliphatic carbocycles. The quantitative estimate of drug-likeness (QED) is 0.741. The Balaban J connectivity index is 1.45. The summed E-state index contributed by atoms with van der Waals surface area (Å²) in [6, 6.07) is 8.22. The third-order valence-electron chi connectivity index (χ3n) is 4.27. The number of para-hydroxylation sites is 1. The lowest BCUT2D eigenvalue weighted by molar-refractivity contribution is 0.244. The zero-order valence-electron chi connectivity index (χ0n) is 13.1. The van der Waals surface area contributed by atoms with Crippen LogP contribution in [0.4, 0.5) is 5.13 Å². The van der Waals surface area contributed by atoms with Crippen molar-refractivity contribution in [1.82, 2.24) is 19.9 Å². The molecule has 1 aromatic carbocycles. The second-order valence-electron chi connectivity index (χ2n) is 5.82. The van der Waals surface area contributed by atoms with Gasteiger partial charge in [-0.15, -0.1) is 11.3 Å². The molecule has 0 atom stereocenters. The third kappa shape index (κ3) is 3.04. The maximum Gasteiger partial charge on any atom is 0.185 e. The lowest BCUT2D eigenvalue weighted by Gasteiger charge is -2.34. The number of thiazole rings is 1. The van der Waals surface area contributed by atoms with E-state index < -0.39 is 0 Å². The molecule has 6 heteroatoms. The predicted octanol–water partition coefficient (Wildman–Crippen LogP) is 2.72. The number of nitrogens with zero attached hydrogens (tertiary/aromatic N) is 5. The summed E-state index contributed by atoms with van der Waals surface area (Å²) in [4.78, 5) is 18.6. The lowest BCUT2D eigenvalue weighted by atomic mass is 10.2. The maximum atomic E-state index is 4.72. The summed E-state index contributed by atoms with van der Waals surface area (Å²) >= 11 is 1.71. The first-order valence-corrected chi connectivity index (χ1v) is 8.76. The Morgan fingerprint density at radius 1 is 1.09 bits per heavy atom. The van der Waals surface area contributed by atoms with Crippen LogP contribution in [0.15, 0.2) is 35.8 Å². The van der Waals surface area contributed by atoms with Crippen molar-refractivity contribution in [3.8, 4) is 0 Å². The van der Waals surface area contributed by atoms with E-state index in [9.17, 15) is 0 Å². The molecular weight excluding hydrogens is 306 g/mol. The number of benzene rings is 1. The van der Waals surface area contributed by atoms with E-state index in [-0.39, 0.29) is 0 Å². The minimum atomic E-state index is 0.817. The van der Waals surface area contributed by atoms with Crippen molar-refractivity contribution < 1.29 is 0 Å². The molecule has 0 unspecified atom stereocenters. The van der Waals surface area contributed by atoms with Crippen LogP contribution in [-0.2, 0) is 6.54 Å². The van der Waals surface area contributed by atoms with E-state index in [4.69, 9.17) is 4.98 Å². The summed E-state index contributed by atoms with van der Waals surface area (Å²) in [6.07, 6.45) is 1.87. The third-order valence-corrected chi connectivity index (χ3v) is 5.10. The average molecular weight is 325 g/mol. The molecule has 0 spiro atoms. The lowest BCUT2D eigenvalue weighted by Crippen LogP contribution is -2.46. The van der Waals surface area contributed by atoms with E-state index in [1.54, 1.807) is 11.3 Å². The van der Waals surface area contributed by atoms with Gasteiger partial charge in [-0.2, -0.15) is 0 Å². The molecule has 5 nitrogen and oxygen atoms in total. The number of fused-ring (bicyclic) bond motifs is 1. The van der Waals surface area contributed by atoms with Crippen LogP contribution in [0.3, 0.4) is 0 Å². The van der Waals surface area contributed by atoms with Crippen molar-refractivity contribution in [2.45, 2.75) is 13.5 Å². The van der Waals surface area contributed by atoms with Gasteiger partial charge < -0.3 is 4.90 Å². The van der Waals surface area contributed by atoms with Gasteiger partial charge in [0.2, 0.25) is 0 Å². The molecule has 0 amide bonds. The Labute approximate surface area is 139 Å². The first-order chi connectivity index (χ1) is 11.3. The van der Waals surface area contributed by atoms with E-state index in [0.29, 0.717) is 0 Å². The van der Waals surface area contributed by atoms with Crippen molar-refractivity contribution in [1.29, 1.82) is 0 Å². The number of hydrogen-bond acceptors (Lipinski definition) is 6. The predicted molar refractivity (Wildman–Crippen MR) is 93.9 cm³/mol. The van der Waals surface area contributed by atoms with Gasteiger partial charge in [-0.05, 0) is 13.0 Å². The second kappa shape index (κ2) is 6.22. The fourth-order valence-electron chi connectivity index (χ4n) is 3.04. The van der Waals surface area contributed by atoms with E-state index in [1.807, 2.05) is 23.7 Å². The summed E-state index contributed by atoms with van der Waals surface area (Å²) in [5, 5.41) is 4.31. The number of aromatic nitrogens is 3. The van der Waals surface area contributed by atoms with Crippen LogP contribution in [0.25, 0.3) is 10.9 Å². The highest BCUT2D eigenvalue weighted by atomic mass is 32.1. The largest absolute Gasteiger partial charge is 0.346 e. The Morgan fingerprint density at radius 2 is 1.91 bits per heavy atom. The van der Waals surface area contributed by atoms with E-state index in [2.05, 4.69) is 38.8 Å². The average Bonchev–Trinajstić information content (AvgIpc) is 3.10. The molecule has 0 bridgehead atoms. The normalized spacial score (nSPS) is 16.1. The van der Waals surface area contributed by atoms with Crippen LogP contribution in [0.1, 0.15) is 11.5 Å². The highest BCUT2D eigenvalue weighted by molar-refractivity contribution is 7.13. The Bertz CT molecular complexity index is 794. The number of piperazine rings is 1. The van der Waals surface area contributed by atoms with Gasteiger partial charge in [0.25, 0.3) is 0 Å². The number of aryl methyl sites for hydroxylation is 1. The number of rotatable bonds is 3.